The fraction of sp³-hybridized carbons (Fsp3) is 0.0833. The summed E-state index contributed by atoms with van der Waals surface area (Å²) in [6.45, 7) is 0. The molecule has 0 aliphatic heterocycles. The van der Waals surface area contributed by atoms with Gasteiger partial charge in [-0.15, -0.1) is 0 Å². The molecule has 0 spiro atoms. The molecular formula is C12H10N2O4. The molecule has 18 heavy (non-hydrogen) atoms. The van der Waals surface area contributed by atoms with Crippen LogP contribution in [0.1, 0.15) is 10.5 Å². The van der Waals surface area contributed by atoms with Gasteiger partial charge in [-0.05, 0) is 12.1 Å². The zero-order chi connectivity index (χ0) is 13.0. The number of nitrogens with zero attached hydrogens (tertiary/aromatic N) is 2. The van der Waals surface area contributed by atoms with E-state index in [0.29, 0.717) is 11.5 Å². The minimum atomic E-state index is -1.16. The van der Waals surface area contributed by atoms with Crippen LogP contribution in [0.2, 0.25) is 0 Å². The molecule has 0 aliphatic carbocycles. The molecule has 0 radical (unpaired) electrons. The highest BCUT2D eigenvalue weighted by Crippen LogP contribution is 2.29. The first-order valence-corrected chi connectivity index (χ1v) is 5.07. The molecule has 1 aromatic carbocycles. The van der Waals surface area contributed by atoms with E-state index in [-0.39, 0.29) is 11.6 Å². The van der Waals surface area contributed by atoms with E-state index in [1.54, 1.807) is 24.3 Å². The summed E-state index contributed by atoms with van der Waals surface area (Å²) in [6.07, 6.45) is 2.48. The Hall–Kier alpha value is -2.63. The lowest BCUT2D eigenvalue weighted by atomic mass is 10.3. The number of hydrogen-bond acceptors (Lipinski definition) is 5. The first-order valence-electron chi connectivity index (χ1n) is 5.07. The molecule has 0 saturated heterocycles. The fourth-order valence-electron chi connectivity index (χ4n) is 1.32. The molecule has 92 valence electrons. The van der Waals surface area contributed by atoms with E-state index in [2.05, 4.69) is 9.97 Å². The Morgan fingerprint density at radius 1 is 1.22 bits per heavy atom. The van der Waals surface area contributed by atoms with Crippen LogP contribution < -0.4 is 9.47 Å². The second-order valence-corrected chi connectivity index (χ2v) is 3.30. The van der Waals surface area contributed by atoms with Gasteiger partial charge in [0.15, 0.2) is 17.2 Å². The van der Waals surface area contributed by atoms with Crippen molar-refractivity contribution in [1.82, 2.24) is 9.97 Å². The van der Waals surface area contributed by atoms with E-state index < -0.39 is 5.97 Å². The molecule has 2 aromatic rings. The minimum absolute atomic E-state index is 0.0967. The number of aromatic carboxylic acids is 1. The number of benzene rings is 1. The van der Waals surface area contributed by atoms with Crippen molar-refractivity contribution in [2.75, 3.05) is 7.11 Å². The number of rotatable bonds is 4. The van der Waals surface area contributed by atoms with E-state index in [9.17, 15) is 4.79 Å². The van der Waals surface area contributed by atoms with E-state index >= 15 is 0 Å². The van der Waals surface area contributed by atoms with Crippen LogP contribution >= 0.6 is 0 Å². The van der Waals surface area contributed by atoms with E-state index in [0.717, 1.165) is 6.20 Å². The lowest BCUT2D eigenvalue weighted by Gasteiger charge is -2.08. The molecule has 0 amide bonds. The monoisotopic (exact) mass is 246 g/mol. The third kappa shape index (κ3) is 2.54. The summed E-state index contributed by atoms with van der Waals surface area (Å²) in [5.41, 5.74) is -0.178. The molecule has 0 atom stereocenters. The van der Waals surface area contributed by atoms with Crippen LogP contribution in [0.15, 0.2) is 36.7 Å². The molecule has 1 N–H and O–H groups in total. The number of para-hydroxylation sites is 2. The number of aromatic nitrogens is 2. The van der Waals surface area contributed by atoms with Crippen molar-refractivity contribution >= 4 is 5.97 Å². The van der Waals surface area contributed by atoms with Gasteiger partial charge in [0.05, 0.1) is 19.5 Å². The molecule has 0 bridgehead atoms. The third-order valence-corrected chi connectivity index (χ3v) is 2.12. The van der Waals surface area contributed by atoms with Gasteiger partial charge in [-0.1, -0.05) is 12.1 Å². The van der Waals surface area contributed by atoms with Crippen LogP contribution in [-0.4, -0.2) is 28.2 Å². The summed E-state index contributed by atoms with van der Waals surface area (Å²) in [4.78, 5) is 18.3. The van der Waals surface area contributed by atoms with Crippen molar-refractivity contribution in [3.63, 3.8) is 0 Å². The van der Waals surface area contributed by atoms with Crippen LogP contribution in [-0.2, 0) is 0 Å². The standard InChI is InChI=1S/C12H10N2O4/c1-17-9-4-2-3-5-10(9)18-11-7-13-6-8(14-11)12(15)16/h2-7H,1H3,(H,15,16). The maximum atomic E-state index is 10.7. The zero-order valence-electron chi connectivity index (χ0n) is 9.53. The van der Waals surface area contributed by atoms with Gasteiger partial charge in [0.2, 0.25) is 5.88 Å². The molecule has 0 unspecified atom stereocenters. The van der Waals surface area contributed by atoms with E-state index in [4.69, 9.17) is 14.6 Å². The highest BCUT2D eigenvalue weighted by Gasteiger charge is 2.09. The van der Waals surface area contributed by atoms with E-state index in [1.165, 1.54) is 13.3 Å². The largest absolute Gasteiger partial charge is 0.493 e. The summed E-state index contributed by atoms with van der Waals surface area (Å²) >= 11 is 0. The van der Waals surface area contributed by atoms with Gasteiger partial charge in [0.1, 0.15) is 0 Å². The molecule has 0 aliphatic rings. The van der Waals surface area contributed by atoms with Gasteiger partial charge in [-0.25, -0.2) is 9.78 Å². The number of carboxylic acids is 1. The third-order valence-electron chi connectivity index (χ3n) is 2.12. The highest BCUT2D eigenvalue weighted by atomic mass is 16.5. The van der Waals surface area contributed by atoms with Crippen LogP contribution in [0.4, 0.5) is 0 Å². The second-order valence-electron chi connectivity index (χ2n) is 3.30. The predicted octanol–water partition coefficient (Wildman–Crippen LogP) is 1.98. The van der Waals surface area contributed by atoms with Crippen LogP contribution in [0.3, 0.4) is 0 Å². The predicted molar refractivity (Wildman–Crippen MR) is 62.1 cm³/mol. The Morgan fingerprint density at radius 3 is 2.61 bits per heavy atom. The lowest BCUT2D eigenvalue weighted by molar-refractivity contribution is 0.0689. The van der Waals surface area contributed by atoms with Gasteiger partial charge in [-0.2, -0.15) is 0 Å². The summed E-state index contributed by atoms with van der Waals surface area (Å²) in [5, 5.41) is 8.79. The average molecular weight is 246 g/mol. The highest BCUT2D eigenvalue weighted by molar-refractivity contribution is 5.84. The number of carboxylic acid groups (broad SMARTS) is 1. The van der Waals surface area contributed by atoms with Crippen molar-refractivity contribution in [1.29, 1.82) is 0 Å². The van der Waals surface area contributed by atoms with Gasteiger partial charge in [0, 0.05) is 0 Å². The number of hydrogen-bond donors (Lipinski definition) is 1. The number of ether oxygens (including phenoxy) is 2. The van der Waals surface area contributed by atoms with Crippen molar-refractivity contribution in [2.24, 2.45) is 0 Å². The molecule has 2 rings (SSSR count). The van der Waals surface area contributed by atoms with Gasteiger partial charge < -0.3 is 14.6 Å². The Labute approximate surface area is 103 Å². The number of methoxy groups -OCH3 is 1. The summed E-state index contributed by atoms with van der Waals surface area (Å²) in [5.74, 6) is -0.0933. The normalized spacial score (nSPS) is 9.83. The molecular weight excluding hydrogens is 236 g/mol. The SMILES string of the molecule is COc1ccccc1Oc1cncc(C(=O)O)n1. The first-order chi connectivity index (χ1) is 8.70. The maximum Gasteiger partial charge on any atom is 0.356 e. The second kappa shape index (κ2) is 5.13. The van der Waals surface area contributed by atoms with Crippen LogP contribution in [0, 0.1) is 0 Å². The smallest absolute Gasteiger partial charge is 0.356 e. The van der Waals surface area contributed by atoms with Gasteiger partial charge in [0.25, 0.3) is 0 Å². The Morgan fingerprint density at radius 2 is 1.94 bits per heavy atom. The van der Waals surface area contributed by atoms with Crippen LogP contribution in [0.25, 0.3) is 0 Å². The Balaban J connectivity index is 2.28. The summed E-state index contributed by atoms with van der Waals surface area (Å²) < 4.78 is 10.5. The Bertz CT molecular complexity index is 572. The molecule has 1 heterocycles. The van der Waals surface area contributed by atoms with Gasteiger partial charge >= 0.3 is 5.97 Å². The topological polar surface area (TPSA) is 81.5 Å². The average Bonchev–Trinajstić information content (AvgIpc) is 2.39. The van der Waals surface area contributed by atoms with Crippen molar-refractivity contribution in [3.8, 4) is 17.4 Å². The maximum absolute atomic E-state index is 10.7. The summed E-state index contributed by atoms with van der Waals surface area (Å²) in [6, 6.07) is 6.98. The molecule has 0 saturated carbocycles. The van der Waals surface area contributed by atoms with Crippen LogP contribution in [0.5, 0.6) is 17.4 Å². The first kappa shape index (κ1) is 11.8. The number of carbonyl (C=O) groups is 1. The van der Waals surface area contributed by atoms with Crippen molar-refractivity contribution < 1.29 is 19.4 Å². The quantitative estimate of drug-likeness (QED) is 0.888. The lowest BCUT2D eigenvalue weighted by Crippen LogP contribution is -2.02. The molecule has 6 nitrogen and oxygen atoms in total. The minimum Gasteiger partial charge on any atom is -0.493 e. The Kier molecular flexibility index (Phi) is 3.38. The molecule has 0 fully saturated rings. The van der Waals surface area contributed by atoms with E-state index in [1.807, 2.05) is 0 Å². The molecule has 1 aromatic heterocycles. The molecule has 6 heteroatoms. The summed E-state index contributed by atoms with van der Waals surface area (Å²) in [7, 11) is 1.52. The fourth-order valence-corrected chi connectivity index (χ4v) is 1.32. The van der Waals surface area contributed by atoms with Crippen molar-refractivity contribution in [2.45, 2.75) is 0 Å². The van der Waals surface area contributed by atoms with Crippen molar-refractivity contribution in [3.05, 3.63) is 42.4 Å². The van der Waals surface area contributed by atoms with Gasteiger partial charge in [-0.3, -0.25) is 4.98 Å². The zero-order valence-corrected chi connectivity index (χ0v) is 9.53.